The summed E-state index contributed by atoms with van der Waals surface area (Å²) in [6, 6.07) is 26.1. The van der Waals surface area contributed by atoms with Gasteiger partial charge in [-0.2, -0.15) is 13.2 Å². The summed E-state index contributed by atoms with van der Waals surface area (Å²) >= 11 is 0. The maximum Gasteiger partial charge on any atom is 0.416 e. The number of hydrogen-bond donors (Lipinski definition) is 3. The summed E-state index contributed by atoms with van der Waals surface area (Å²) in [5.41, 5.74) is 2.29. The van der Waals surface area contributed by atoms with Crippen LogP contribution in [0.15, 0.2) is 103 Å². The average Bonchev–Trinajstić information content (AvgIpc) is 3.01. The lowest BCUT2D eigenvalue weighted by molar-refractivity contribution is -0.137. The van der Waals surface area contributed by atoms with Crippen molar-refractivity contribution in [2.75, 3.05) is 6.54 Å². The Bertz CT molecular complexity index is 1520. The SMILES string of the molecule is CCCNC(=O)[C@@H](NC(=O)c1ccc(CNC(=O)c2ccccc2-c2ccc(C(F)(F)F)cc2)cc1)c1ccccc1. The fourth-order valence-corrected chi connectivity index (χ4v) is 4.33. The van der Waals surface area contributed by atoms with Gasteiger partial charge in [-0.1, -0.05) is 79.7 Å². The highest BCUT2D eigenvalue weighted by Gasteiger charge is 2.30. The molecule has 0 saturated carbocycles. The van der Waals surface area contributed by atoms with E-state index < -0.39 is 29.6 Å². The summed E-state index contributed by atoms with van der Waals surface area (Å²) in [7, 11) is 0. The Morgan fingerprint density at radius 1 is 0.738 bits per heavy atom. The van der Waals surface area contributed by atoms with E-state index in [0.29, 0.717) is 34.4 Å². The van der Waals surface area contributed by atoms with E-state index in [1.165, 1.54) is 12.1 Å². The van der Waals surface area contributed by atoms with E-state index in [1.807, 2.05) is 13.0 Å². The molecule has 0 radical (unpaired) electrons. The van der Waals surface area contributed by atoms with Gasteiger partial charge >= 0.3 is 6.18 Å². The lowest BCUT2D eigenvalue weighted by atomic mass is 9.98. The Morgan fingerprint density at radius 3 is 2.02 bits per heavy atom. The summed E-state index contributed by atoms with van der Waals surface area (Å²) in [4.78, 5) is 38.8. The van der Waals surface area contributed by atoms with Crippen LogP contribution in [0.3, 0.4) is 0 Å². The smallest absolute Gasteiger partial charge is 0.354 e. The minimum atomic E-state index is -4.45. The van der Waals surface area contributed by atoms with E-state index in [-0.39, 0.29) is 12.5 Å². The average molecular weight is 574 g/mol. The number of benzene rings is 4. The molecule has 0 aliphatic carbocycles. The molecule has 0 aliphatic heterocycles. The van der Waals surface area contributed by atoms with Gasteiger partial charge in [-0.05, 0) is 59.0 Å². The maximum absolute atomic E-state index is 13.0. The molecule has 0 unspecified atom stereocenters. The van der Waals surface area contributed by atoms with E-state index >= 15 is 0 Å². The van der Waals surface area contributed by atoms with Crippen molar-refractivity contribution in [3.05, 3.63) is 131 Å². The van der Waals surface area contributed by atoms with Crippen LogP contribution in [-0.2, 0) is 17.5 Å². The first-order chi connectivity index (χ1) is 20.2. The Morgan fingerprint density at radius 2 is 1.38 bits per heavy atom. The van der Waals surface area contributed by atoms with E-state index in [4.69, 9.17) is 0 Å². The van der Waals surface area contributed by atoms with Crippen LogP contribution in [0.25, 0.3) is 11.1 Å². The summed E-state index contributed by atoms with van der Waals surface area (Å²) in [5.74, 6) is -1.11. The minimum Gasteiger partial charge on any atom is -0.354 e. The third kappa shape index (κ3) is 7.63. The van der Waals surface area contributed by atoms with Gasteiger partial charge in [0.2, 0.25) is 5.91 Å². The van der Waals surface area contributed by atoms with E-state index in [1.54, 1.807) is 72.8 Å². The van der Waals surface area contributed by atoms with Gasteiger partial charge in [-0.15, -0.1) is 0 Å². The molecule has 1 atom stereocenters. The summed E-state index contributed by atoms with van der Waals surface area (Å²) < 4.78 is 38.9. The Hall–Kier alpha value is -4.92. The molecule has 0 aromatic heterocycles. The van der Waals surface area contributed by atoms with Crippen molar-refractivity contribution in [2.24, 2.45) is 0 Å². The second-order valence-electron chi connectivity index (χ2n) is 9.61. The molecule has 0 bridgehead atoms. The highest BCUT2D eigenvalue weighted by molar-refractivity contribution is 6.01. The molecule has 216 valence electrons. The lowest BCUT2D eigenvalue weighted by Gasteiger charge is -2.19. The molecule has 0 fully saturated rings. The van der Waals surface area contributed by atoms with Gasteiger partial charge in [0.05, 0.1) is 5.56 Å². The van der Waals surface area contributed by atoms with E-state index in [0.717, 1.165) is 24.1 Å². The third-order valence-corrected chi connectivity index (χ3v) is 6.58. The van der Waals surface area contributed by atoms with Crippen LogP contribution in [0.5, 0.6) is 0 Å². The van der Waals surface area contributed by atoms with Crippen molar-refractivity contribution < 1.29 is 27.6 Å². The van der Waals surface area contributed by atoms with Gasteiger partial charge in [-0.25, -0.2) is 0 Å². The number of carbonyl (C=O) groups excluding carboxylic acids is 3. The monoisotopic (exact) mass is 573 g/mol. The second-order valence-corrected chi connectivity index (χ2v) is 9.61. The molecule has 0 aliphatic rings. The standard InChI is InChI=1S/C33H30F3N3O3/c1-2-20-37-32(42)29(24-8-4-3-5-9-24)39-30(40)25-14-12-22(13-15-25)21-38-31(41)28-11-7-6-10-27(28)23-16-18-26(19-17-23)33(34,35)36/h3-19,29H,2,20-21H2,1H3,(H,37,42)(H,38,41)(H,39,40)/t29-/m0/s1. The van der Waals surface area contributed by atoms with Crippen LogP contribution in [0.2, 0.25) is 0 Å². The first-order valence-corrected chi connectivity index (χ1v) is 13.4. The van der Waals surface area contributed by atoms with Gasteiger partial charge in [0.15, 0.2) is 0 Å². The maximum atomic E-state index is 13.0. The largest absolute Gasteiger partial charge is 0.416 e. The van der Waals surface area contributed by atoms with Crippen molar-refractivity contribution in [3.8, 4) is 11.1 Å². The first kappa shape index (κ1) is 30.0. The number of hydrogen-bond acceptors (Lipinski definition) is 3. The van der Waals surface area contributed by atoms with Gasteiger partial charge in [-0.3, -0.25) is 14.4 Å². The predicted molar refractivity (Wildman–Crippen MR) is 154 cm³/mol. The quantitative estimate of drug-likeness (QED) is 0.208. The Kier molecular flexibility index (Phi) is 9.75. The topological polar surface area (TPSA) is 87.3 Å². The molecule has 4 aromatic carbocycles. The molecule has 9 heteroatoms. The van der Waals surface area contributed by atoms with Gasteiger partial charge in [0, 0.05) is 24.2 Å². The second kappa shape index (κ2) is 13.6. The van der Waals surface area contributed by atoms with Crippen molar-refractivity contribution in [1.82, 2.24) is 16.0 Å². The summed E-state index contributed by atoms with van der Waals surface area (Å²) in [6.07, 6.45) is -3.68. The molecule has 0 spiro atoms. The zero-order valence-electron chi connectivity index (χ0n) is 22.9. The zero-order chi connectivity index (χ0) is 30.1. The summed E-state index contributed by atoms with van der Waals surface area (Å²) in [6.45, 7) is 2.60. The lowest BCUT2D eigenvalue weighted by Crippen LogP contribution is -2.40. The fraction of sp³-hybridized carbons (Fsp3) is 0.182. The van der Waals surface area contributed by atoms with Gasteiger partial charge in [0.25, 0.3) is 11.8 Å². The highest BCUT2D eigenvalue weighted by atomic mass is 19.4. The number of halogens is 3. The number of rotatable bonds is 10. The molecule has 42 heavy (non-hydrogen) atoms. The summed E-state index contributed by atoms with van der Waals surface area (Å²) in [5, 5.41) is 8.45. The van der Waals surface area contributed by atoms with E-state index in [2.05, 4.69) is 16.0 Å². The molecular weight excluding hydrogens is 543 g/mol. The van der Waals surface area contributed by atoms with Crippen LogP contribution < -0.4 is 16.0 Å². The van der Waals surface area contributed by atoms with Crippen molar-refractivity contribution in [3.63, 3.8) is 0 Å². The molecular formula is C33H30F3N3O3. The third-order valence-electron chi connectivity index (χ3n) is 6.58. The molecule has 0 heterocycles. The number of nitrogens with one attached hydrogen (secondary N) is 3. The van der Waals surface area contributed by atoms with Crippen LogP contribution in [0.4, 0.5) is 13.2 Å². The predicted octanol–water partition coefficient (Wildman–Crippen LogP) is 6.30. The van der Waals surface area contributed by atoms with Crippen molar-refractivity contribution in [1.29, 1.82) is 0 Å². The highest BCUT2D eigenvalue weighted by Crippen LogP contribution is 2.32. The Labute approximate surface area is 242 Å². The van der Waals surface area contributed by atoms with Crippen LogP contribution in [-0.4, -0.2) is 24.3 Å². The number of amides is 3. The molecule has 0 saturated heterocycles. The Balaban J connectivity index is 1.41. The van der Waals surface area contributed by atoms with E-state index in [9.17, 15) is 27.6 Å². The number of alkyl halides is 3. The van der Waals surface area contributed by atoms with Crippen LogP contribution in [0.1, 0.15) is 56.8 Å². The van der Waals surface area contributed by atoms with Gasteiger partial charge in [0.1, 0.15) is 6.04 Å². The minimum absolute atomic E-state index is 0.161. The fourth-order valence-electron chi connectivity index (χ4n) is 4.33. The van der Waals surface area contributed by atoms with Gasteiger partial charge < -0.3 is 16.0 Å². The number of carbonyl (C=O) groups is 3. The molecule has 6 nitrogen and oxygen atoms in total. The molecule has 4 aromatic rings. The van der Waals surface area contributed by atoms with Crippen molar-refractivity contribution >= 4 is 17.7 Å². The van der Waals surface area contributed by atoms with Crippen molar-refractivity contribution in [2.45, 2.75) is 32.1 Å². The van der Waals surface area contributed by atoms with Crippen LogP contribution in [0, 0.1) is 0 Å². The first-order valence-electron chi connectivity index (χ1n) is 13.4. The zero-order valence-corrected chi connectivity index (χ0v) is 22.9. The molecule has 3 amide bonds. The molecule has 3 N–H and O–H groups in total. The molecule has 4 rings (SSSR count). The van der Waals surface area contributed by atoms with Crippen LogP contribution >= 0.6 is 0 Å². The normalized spacial score (nSPS) is 11.8.